The molecule has 0 aliphatic carbocycles. The Bertz CT molecular complexity index is 286. The maximum atomic E-state index is 8.39. The minimum absolute atomic E-state index is 0.181. The van der Waals surface area contributed by atoms with Crippen LogP contribution in [0.15, 0.2) is 12.3 Å². The maximum absolute atomic E-state index is 8.39. The van der Waals surface area contributed by atoms with Gasteiger partial charge in [-0.25, -0.2) is 4.98 Å². The van der Waals surface area contributed by atoms with Gasteiger partial charge in [0.05, 0.1) is 11.4 Å². The topological polar surface area (TPSA) is 88.7 Å². The summed E-state index contributed by atoms with van der Waals surface area (Å²) in [7, 11) is 0. The van der Waals surface area contributed by atoms with Crippen LogP contribution in [0, 0.1) is 11.3 Å². The highest BCUT2D eigenvalue weighted by Gasteiger charge is 2.00. The molecular weight excluding hydrogens is 128 g/mol. The first-order valence-corrected chi connectivity index (χ1v) is 2.65. The van der Waals surface area contributed by atoms with Gasteiger partial charge in [-0.3, -0.25) is 0 Å². The third-order valence-corrected chi connectivity index (χ3v) is 1.13. The van der Waals surface area contributed by atoms with E-state index < -0.39 is 0 Å². The lowest BCUT2D eigenvalue weighted by Gasteiger charge is -1.97. The molecule has 4 N–H and O–H groups in total. The number of rotatable bonds is 0. The van der Waals surface area contributed by atoms with Gasteiger partial charge in [0.2, 0.25) is 0 Å². The van der Waals surface area contributed by atoms with Crippen molar-refractivity contribution >= 4 is 11.4 Å². The zero-order valence-corrected chi connectivity index (χ0v) is 5.20. The summed E-state index contributed by atoms with van der Waals surface area (Å²) in [5.41, 5.74) is 11.6. The molecule has 0 radical (unpaired) electrons. The Hall–Kier alpha value is -1.76. The van der Waals surface area contributed by atoms with Crippen LogP contribution in [0.1, 0.15) is 5.69 Å². The molecule has 1 aromatic heterocycles. The molecule has 4 heteroatoms. The fourth-order valence-electron chi connectivity index (χ4n) is 0.577. The Morgan fingerprint density at radius 1 is 1.50 bits per heavy atom. The van der Waals surface area contributed by atoms with Crippen LogP contribution in [-0.2, 0) is 0 Å². The summed E-state index contributed by atoms with van der Waals surface area (Å²) in [6.07, 6.45) is 1.45. The second-order valence-electron chi connectivity index (χ2n) is 1.77. The molecule has 10 heavy (non-hydrogen) atoms. The van der Waals surface area contributed by atoms with Crippen LogP contribution in [0.5, 0.6) is 0 Å². The number of pyridine rings is 1. The summed E-state index contributed by atoms with van der Waals surface area (Å²) in [4.78, 5) is 3.69. The Labute approximate surface area is 58.1 Å². The van der Waals surface area contributed by atoms with Crippen molar-refractivity contribution in [2.24, 2.45) is 0 Å². The normalized spacial score (nSPS) is 8.70. The molecule has 0 unspecified atom stereocenters. The van der Waals surface area contributed by atoms with E-state index in [4.69, 9.17) is 16.7 Å². The molecule has 1 rings (SSSR count). The first kappa shape index (κ1) is 6.36. The van der Waals surface area contributed by atoms with Crippen LogP contribution < -0.4 is 11.5 Å². The first-order valence-electron chi connectivity index (χ1n) is 2.65. The van der Waals surface area contributed by atoms with Crippen LogP contribution in [0.25, 0.3) is 0 Å². The number of aromatic nitrogens is 1. The van der Waals surface area contributed by atoms with E-state index in [1.165, 1.54) is 6.20 Å². The van der Waals surface area contributed by atoms with E-state index in [-0.39, 0.29) is 11.4 Å². The van der Waals surface area contributed by atoms with Gasteiger partial charge >= 0.3 is 0 Å². The average molecular weight is 134 g/mol. The van der Waals surface area contributed by atoms with E-state index >= 15 is 0 Å². The molecular formula is C6H6N4. The number of nitrogen functional groups attached to an aromatic ring is 2. The van der Waals surface area contributed by atoms with E-state index in [0.717, 1.165) is 0 Å². The Balaban J connectivity index is 3.31. The molecule has 0 aliphatic heterocycles. The van der Waals surface area contributed by atoms with Crippen LogP contribution in [0.2, 0.25) is 0 Å². The van der Waals surface area contributed by atoms with Gasteiger partial charge in [0.1, 0.15) is 6.07 Å². The number of nitriles is 1. The Morgan fingerprint density at radius 2 is 2.20 bits per heavy atom. The Kier molecular flexibility index (Phi) is 1.42. The second-order valence-corrected chi connectivity index (χ2v) is 1.77. The zero-order valence-electron chi connectivity index (χ0n) is 5.20. The molecule has 1 heterocycles. The zero-order chi connectivity index (χ0) is 7.56. The number of nitrogens with two attached hydrogens (primary N) is 2. The monoisotopic (exact) mass is 134 g/mol. The van der Waals surface area contributed by atoms with Crippen molar-refractivity contribution < 1.29 is 0 Å². The van der Waals surface area contributed by atoms with E-state index in [1.54, 1.807) is 6.07 Å². The maximum Gasteiger partial charge on any atom is 0.165 e. The summed E-state index contributed by atoms with van der Waals surface area (Å²) >= 11 is 0. The average Bonchev–Trinajstić information content (AvgIpc) is 1.95. The molecule has 50 valence electrons. The molecule has 0 spiro atoms. The summed E-state index contributed by atoms with van der Waals surface area (Å²) in [5, 5.41) is 8.39. The van der Waals surface area contributed by atoms with Crippen molar-refractivity contribution in [1.82, 2.24) is 4.98 Å². The highest BCUT2D eigenvalue weighted by Crippen LogP contribution is 2.14. The van der Waals surface area contributed by atoms with Gasteiger partial charge in [-0.2, -0.15) is 5.26 Å². The van der Waals surface area contributed by atoms with Crippen molar-refractivity contribution in [3.63, 3.8) is 0 Å². The standard InChI is InChI=1S/C6H6N4/c7-3-5-6(9)4(8)1-2-10-5/h1-2H,9H2,(H2,8,10). The molecule has 0 aliphatic rings. The van der Waals surface area contributed by atoms with Gasteiger partial charge in [0, 0.05) is 6.20 Å². The van der Waals surface area contributed by atoms with Gasteiger partial charge < -0.3 is 11.5 Å². The predicted molar refractivity (Wildman–Crippen MR) is 37.8 cm³/mol. The van der Waals surface area contributed by atoms with Crippen LogP contribution in [0.3, 0.4) is 0 Å². The Morgan fingerprint density at radius 3 is 2.70 bits per heavy atom. The van der Waals surface area contributed by atoms with Crippen molar-refractivity contribution in [2.75, 3.05) is 11.5 Å². The van der Waals surface area contributed by atoms with E-state index in [9.17, 15) is 0 Å². The molecule has 4 nitrogen and oxygen atoms in total. The van der Waals surface area contributed by atoms with E-state index in [0.29, 0.717) is 5.69 Å². The van der Waals surface area contributed by atoms with Crippen molar-refractivity contribution in [2.45, 2.75) is 0 Å². The third kappa shape index (κ3) is 0.845. The van der Waals surface area contributed by atoms with Gasteiger partial charge in [-0.1, -0.05) is 0 Å². The second kappa shape index (κ2) is 2.23. The van der Waals surface area contributed by atoms with Gasteiger partial charge in [-0.15, -0.1) is 0 Å². The summed E-state index contributed by atoms with van der Waals surface area (Å²) < 4.78 is 0. The SMILES string of the molecule is N#Cc1nccc(N)c1N. The lowest BCUT2D eigenvalue weighted by molar-refractivity contribution is 1.27. The molecule has 0 saturated carbocycles. The highest BCUT2D eigenvalue weighted by molar-refractivity contribution is 5.67. The molecule has 0 bridgehead atoms. The number of hydrogen-bond acceptors (Lipinski definition) is 4. The highest BCUT2D eigenvalue weighted by atomic mass is 14.8. The quantitative estimate of drug-likeness (QED) is 0.527. The summed E-state index contributed by atoms with van der Waals surface area (Å²) in [6.45, 7) is 0. The summed E-state index contributed by atoms with van der Waals surface area (Å²) in [5.74, 6) is 0. The lowest BCUT2D eigenvalue weighted by atomic mass is 10.3. The number of nitrogens with zero attached hydrogens (tertiary/aromatic N) is 2. The minimum atomic E-state index is 0.181. The molecule has 1 aromatic rings. The first-order chi connectivity index (χ1) is 4.75. The minimum Gasteiger partial charge on any atom is -0.397 e. The van der Waals surface area contributed by atoms with Crippen LogP contribution >= 0.6 is 0 Å². The van der Waals surface area contributed by atoms with Crippen LogP contribution in [0.4, 0.5) is 11.4 Å². The van der Waals surface area contributed by atoms with E-state index in [1.807, 2.05) is 6.07 Å². The molecule has 0 fully saturated rings. The fourth-order valence-corrected chi connectivity index (χ4v) is 0.577. The molecule has 0 atom stereocenters. The van der Waals surface area contributed by atoms with E-state index in [2.05, 4.69) is 4.98 Å². The largest absolute Gasteiger partial charge is 0.397 e. The predicted octanol–water partition coefficient (Wildman–Crippen LogP) is 0.118. The molecule has 0 aromatic carbocycles. The molecule has 0 saturated heterocycles. The van der Waals surface area contributed by atoms with Crippen molar-refractivity contribution in [3.8, 4) is 6.07 Å². The van der Waals surface area contributed by atoms with Gasteiger partial charge in [0.25, 0.3) is 0 Å². The molecule has 0 amide bonds. The number of anilines is 2. The van der Waals surface area contributed by atoms with Gasteiger partial charge in [0.15, 0.2) is 5.69 Å². The lowest BCUT2D eigenvalue weighted by Crippen LogP contribution is -1.98. The van der Waals surface area contributed by atoms with Crippen molar-refractivity contribution in [3.05, 3.63) is 18.0 Å². The fraction of sp³-hybridized carbons (Fsp3) is 0. The third-order valence-electron chi connectivity index (χ3n) is 1.13. The van der Waals surface area contributed by atoms with Gasteiger partial charge in [-0.05, 0) is 6.07 Å². The van der Waals surface area contributed by atoms with Crippen LogP contribution in [-0.4, -0.2) is 4.98 Å². The summed E-state index contributed by atoms with van der Waals surface area (Å²) in [6, 6.07) is 3.37. The van der Waals surface area contributed by atoms with Crippen molar-refractivity contribution in [1.29, 1.82) is 5.26 Å². The smallest absolute Gasteiger partial charge is 0.165 e. The number of hydrogen-bond donors (Lipinski definition) is 2.